The van der Waals surface area contributed by atoms with Gasteiger partial charge in [0.15, 0.2) is 18.0 Å². The standard InChI is InChI=1S/C14H22O5/c1-5-18-14(17)13-12(19-13)11(16)7-10(9(4)15)6-8(2)3/h8,10,12-13H,5-7H2,1-4H3. The minimum Gasteiger partial charge on any atom is -0.464 e. The van der Waals surface area contributed by atoms with Crippen LogP contribution in [0.25, 0.3) is 0 Å². The van der Waals surface area contributed by atoms with Gasteiger partial charge in [-0.2, -0.15) is 0 Å². The highest BCUT2D eigenvalue weighted by Crippen LogP contribution is 2.28. The fourth-order valence-corrected chi connectivity index (χ4v) is 2.08. The second-order valence-corrected chi connectivity index (χ2v) is 5.34. The molecule has 0 spiro atoms. The van der Waals surface area contributed by atoms with E-state index < -0.39 is 18.2 Å². The molecule has 0 aliphatic carbocycles. The van der Waals surface area contributed by atoms with Crippen LogP contribution in [0.1, 0.15) is 40.5 Å². The first kappa shape index (κ1) is 15.8. The molecular formula is C14H22O5. The van der Waals surface area contributed by atoms with E-state index in [4.69, 9.17) is 9.47 Å². The minimum absolute atomic E-state index is 0.00962. The molecule has 0 radical (unpaired) electrons. The van der Waals surface area contributed by atoms with Gasteiger partial charge in [0.05, 0.1) is 6.61 Å². The van der Waals surface area contributed by atoms with Crippen LogP contribution in [0.4, 0.5) is 0 Å². The Kier molecular flexibility index (Phi) is 5.66. The molecule has 0 aromatic rings. The summed E-state index contributed by atoms with van der Waals surface area (Å²) >= 11 is 0. The van der Waals surface area contributed by atoms with Crippen molar-refractivity contribution >= 4 is 17.5 Å². The van der Waals surface area contributed by atoms with Crippen LogP contribution in [0.15, 0.2) is 0 Å². The fourth-order valence-electron chi connectivity index (χ4n) is 2.08. The minimum atomic E-state index is -0.765. The van der Waals surface area contributed by atoms with Crippen LogP contribution in [-0.2, 0) is 23.9 Å². The van der Waals surface area contributed by atoms with Crippen LogP contribution < -0.4 is 0 Å². The highest BCUT2D eigenvalue weighted by atomic mass is 16.6. The van der Waals surface area contributed by atoms with Crippen molar-refractivity contribution in [1.82, 2.24) is 0 Å². The van der Waals surface area contributed by atoms with Crippen molar-refractivity contribution in [1.29, 1.82) is 0 Å². The highest BCUT2D eigenvalue weighted by molar-refractivity contribution is 5.96. The number of carbonyl (C=O) groups is 3. The van der Waals surface area contributed by atoms with Crippen molar-refractivity contribution in [3.63, 3.8) is 0 Å². The molecule has 0 amide bonds. The van der Waals surface area contributed by atoms with Crippen LogP contribution in [0.2, 0.25) is 0 Å². The van der Waals surface area contributed by atoms with Gasteiger partial charge in [0.2, 0.25) is 0 Å². The van der Waals surface area contributed by atoms with Gasteiger partial charge in [-0.05, 0) is 26.2 Å². The molecule has 1 aliphatic rings. The average molecular weight is 270 g/mol. The number of hydrogen-bond donors (Lipinski definition) is 0. The molecule has 3 unspecified atom stereocenters. The lowest BCUT2D eigenvalue weighted by atomic mass is 9.88. The fraction of sp³-hybridized carbons (Fsp3) is 0.786. The Balaban J connectivity index is 2.47. The second-order valence-electron chi connectivity index (χ2n) is 5.34. The van der Waals surface area contributed by atoms with Gasteiger partial charge in [-0.3, -0.25) is 9.59 Å². The number of Topliss-reactive ketones (excluding diaryl/α,β-unsaturated/α-hetero) is 2. The van der Waals surface area contributed by atoms with Crippen molar-refractivity contribution in [2.45, 2.75) is 52.7 Å². The van der Waals surface area contributed by atoms with E-state index in [-0.39, 0.29) is 30.5 Å². The third kappa shape index (κ3) is 4.74. The van der Waals surface area contributed by atoms with E-state index in [1.165, 1.54) is 6.92 Å². The summed E-state index contributed by atoms with van der Waals surface area (Å²) in [5, 5.41) is 0. The zero-order valence-corrected chi connectivity index (χ0v) is 12.0. The molecular weight excluding hydrogens is 248 g/mol. The van der Waals surface area contributed by atoms with Crippen LogP contribution in [-0.4, -0.2) is 36.4 Å². The lowest BCUT2D eigenvalue weighted by Crippen LogP contribution is -2.23. The number of ketones is 2. The van der Waals surface area contributed by atoms with Crippen LogP contribution in [0.3, 0.4) is 0 Å². The van der Waals surface area contributed by atoms with Gasteiger partial charge in [-0.1, -0.05) is 13.8 Å². The van der Waals surface area contributed by atoms with Crippen molar-refractivity contribution in [3.8, 4) is 0 Å². The third-order valence-corrected chi connectivity index (χ3v) is 3.11. The molecule has 5 nitrogen and oxygen atoms in total. The molecule has 5 heteroatoms. The number of ether oxygens (including phenoxy) is 2. The lowest BCUT2D eigenvalue weighted by Gasteiger charge is -2.14. The summed E-state index contributed by atoms with van der Waals surface area (Å²) in [6.45, 7) is 7.48. The number of esters is 1. The molecule has 0 aromatic carbocycles. The Morgan fingerprint density at radius 2 is 1.84 bits per heavy atom. The number of rotatable bonds is 8. The molecule has 0 N–H and O–H groups in total. The van der Waals surface area contributed by atoms with E-state index >= 15 is 0 Å². The number of epoxide rings is 1. The smallest absolute Gasteiger partial charge is 0.338 e. The van der Waals surface area contributed by atoms with Crippen molar-refractivity contribution in [2.75, 3.05) is 6.61 Å². The molecule has 108 valence electrons. The van der Waals surface area contributed by atoms with E-state index in [1.807, 2.05) is 13.8 Å². The van der Waals surface area contributed by atoms with Crippen LogP contribution in [0, 0.1) is 11.8 Å². The Bertz CT molecular complexity index is 361. The average Bonchev–Trinajstić information content (AvgIpc) is 3.07. The molecule has 19 heavy (non-hydrogen) atoms. The van der Waals surface area contributed by atoms with Crippen molar-refractivity contribution in [2.24, 2.45) is 11.8 Å². The lowest BCUT2D eigenvalue weighted by molar-refractivity contribution is -0.144. The monoisotopic (exact) mass is 270 g/mol. The Morgan fingerprint density at radius 1 is 1.21 bits per heavy atom. The molecule has 1 fully saturated rings. The largest absolute Gasteiger partial charge is 0.464 e. The summed E-state index contributed by atoms with van der Waals surface area (Å²) in [5.41, 5.74) is 0. The first-order valence-electron chi connectivity index (χ1n) is 6.72. The zero-order chi connectivity index (χ0) is 14.6. The van der Waals surface area contributed by atoms with Gasteiger partial charge >= 0.3 is 5.97 Å². The van der Waals surface area contributed by atoms with Gasteiger partial charge in [-0.15, -0.1) is 0 Å². The maximum absolute atomic E-state index is 11.9. The first-order chi connectivity index (χ1) is 8.86. The van der Waals surface area contributed by atoms with Gasteiger partial charge < -0.3 is 9.47 Å². The van der Waals surface area contributed by atoms with E-state index in [0.29, 0.717) is 12.3 Å². The first-order valence-corrected chi connectivity index (χ1v) is 6.72. The Hall–Kier alpha value is -1.23. The predicted octanol–water partition coefficient (Wildman–Crippen LogP) is 1.53. The summed E-state index contributed by atoms with van der Waals surface area (Å²) in [5.74, 6) is -0.597. The van der Waals surface area contributed by atoms with Crippen LogP contribution >= 0.6 is 0 Å². The summed E-state index contributed by atoms with van der Waals surface area (Å²) in [6.07, 6.45) is -0.654. The number of hydrogen-bond acceptors (Lipinski definition) is 5. The topological polar surface area (TPSA) is 73.0 Å². The summed E-state index contributed by atoms with van der Waals surface area (Å²) in [4.78, 5) is 34.8. The summed E-state index contributed by atoms with van der Waals surface area (Å²) in [7, 11) is 0. The van der Waals surface area contributed by atoms with Crippen molar-refractivity contribution in [3.05, 3.63) is 0 Å². The Labute approximate surface area is 113 Å². The summed E-state index contributed by atoms with van der Waals surface area (Å²) in [6, 6.07) is 0. The van der Waals surface area contributed by atoms with Gasteiger partial charge in [0.1, 0.15) is 5.78 Å². The maximum Gasteiger partial charge on any atom is 0.338 e. The van der Waals surface area contributed by atoms with Gasteiger partial charge in [-0.25, -0.2) is 4.79 Å². The molecule has 1 aliphatic heterocycles. The van der Waals surface area contributed by atoms with Gasteiger partial charge in [0.25, 0.3) is 0 Å². The second kappa shape index (κ2) is 6.80. The quantitative estimate of drug-likeness (QED) is 0.494. The SMILES string of the molecule is CCOC(=O)C1OC1C(=O)CC(CC(C)C)C(C)=O. The van der Waals surface area contributed by atoms with Crippen molar-refractivity contribution < 1.29 is 23.9 Å². The van der Waals surface area contributed by atoms with E-state index in [0.717, 1.165) is 0 Å². The van der Waals surface area contributed by atoms with E-state index in [1.54, 1.807) is 6.92 Å². The molecule has 3 atom stereocenters. The normalized spacial score (nSPS) is 23.0. The predicted molar refractivity (Wildman–Crippen MR) is 68.5 cm³/mol. The summed E-state index contributed by atoms with van der Waals surface area (Å²) < 4.78 is 9.82. The molecule has 0 saturated carbocycles. The Morgan fingerprint density at radius 3 is 2.32 bits per heavy atom. The molecule has 1 rings (SSSR count). The number of carbonyl (C=O) groups excluding carboxylic acids is 3. The molecule has 0 aromatic heterocycles. The molecule has 0 bridgehead atoms. The van der Waals surface area contributed by atoms with Crippen LogP contribution in [0.5, 0.6) is 0 Å². The zero-order valence-electron chi connectivity index (χ0n) is 12.0. The third-order valence-electron chi connectivity index (χ3n) is 3.11. The van der Waals surface area contributed by atoms with E-state index in [9.17, 15) is 14.4 Å². The highest BCUT2D eigenvalue weighted by Gasteiger charge is 2.51. The maximum atomic E-state index is 11.9. The van der Waals surface area contributed by atoms with Gasteiger partial charge in [0, 0.05) is 12.3 Å². The molecule has 1 heterocycles. The molecule has 1 saturated heterocycles. The van der Waals surface area contributed by atoms with E-state index in [2.05, 4.69) is 0 Å².